The number of hydrogen-bond acceptors (Lipinski definition) is 3. The number of rotatable bonds is 3. The highest BCUT2D eigenvalue weighted by Crippen LogP contribution is 2.20. The van der Waals surface area contributed by atoms with Crippen molar-refractivity contribution in [2.75, 3.05) is 7.11 Å². The van der Waals surface area contributed by atoms with Gasteiger partial charge in [0.25, 0.3) is 5.56 Å². The summed E-state index contributed by atoms with van der Waals surface area (Å²) < 4.78 is 5.30. The molecule has 0 amide bonds. The molecule has 1 aromatic rings. The van der Waals surface area contributed by atoms with Crippen LogP contribution < -0.4 is 5.56 Å². The van der Waals surface area contributed by atoms with Gasteiger partial charge >= 0.3 is 0 Å². The number of fused-ring (bicyclic) bond motifs is 1. The van der Waals surface area contributed by atoms with Crippen LogP contribution in [0.25, 0.3) is 0 Å². The highest BCUT2D eigenvalue weighted by atomic mass is 16.5. The van der Waals surface area contributed by atoms with Gasteiger partial charge in [-0.2, -0.15) is 0 Å². The predicted molar refractivity (Wildman–Crippen MR) is 61.5 cm³/mol. The molecular formula is C12H18N2O2. The second-order valence-electron chi connectivity index (χ2n) is 4.22. The van der Waals surface area contributed by atoms with Crippen LogP contribution in [-0.2, 0) is 17.6 Å². The molecule has 2 rings (SSSR count). The maximum atomic E-state index is 11.9. The molecule has 0 fully saturated rings. The van der Waals surface area contributed by atoms with Crippen molar-refractivity contribution in [3.63, 3.8) is 0 Å². The van der Waals surface area contributed by atoms with Crippen molar-refractivity contribution in [3.05, 3.63) is 27.4 Å². The third kappa shape index (κ3) is 2.02. The fourth-order valence-electron chi connectivity index (χ4n) is 2.25. The molecule has 0 radical (unpaired) electrons. The maximum absolute atomic E-state index is 11.9. The summed E-state index contributed by atoms with van der Waals surface area (Å²) in [5.74, 6) is 0.677. The SMILES string of the molecule is CCC(OC)c1nc2c(c(=O)[nH]1)CCCC2. The number of nitrogens with one attached hydrogen (secondary N) is 1. The summed E-state index contributed by atoms with van der Waals surface area (Å²) in [4.78, 5) is 19.3. The molecule has 1 N–H and O–H groups in total. The van der Waals surface area contributed by atoms with E-state index in [0.717, 1.165) is 43.4 Å². The van der Waals surface area contributed by atoms with Crippen molar-refractivity contribution < 1.29 is 4.74 Å². The number of aryl methyl sites for hydroxylation is 1. The topological polar surface area (TPSA) is 55.0 Å². The van der Waals surface area contributed by atoms with Gasteiger partial charge in [0.1, 0.15) is 11.9 Å². The van der Waals surface area contributed by atoms with Crippen LogP contribution in [0.3, 0.4) is 0 Å². The normalized spacial score (nSPS) is 16.9. The molecule has 0 aliphatic heterocycles. The van der Waals surface area contributed by atoms with Crippen LogP contribution in [0.4, 0.5) is 0 Å². The first-order valence-corrected chi connectivity index (χ1v) is 5.91. The first-order valence-electron chi connectivity index (χ1n) is 5.91. The lowest BCUT2D eigenvalue weighted by atomic mass is 9.97. The van der Waals surface area contributed by atoms with Gasteiger partial charge in [0.2, 0.25) is 0 Å². The van der Waals surface area contributed by atoms with E-state index in [1.54, 1.807) is 7.11 Å². The van der Waals surface area contributed by atoms with Crippen molar-refractivity contribution in [1.29, 1.82) is 0 Å². The Morgan fingerprint density at radius 1 is 1.44 bits per heavy atom. The zero-order valence-corrected chi connectivity index (χ0v) is 9.88. The monoisotopic (exact) mass is 222 g/mol. The van der Waals surface area contributed by atoms with Crippen molar-refractivity contribution >= 4 is 0 Å². The van der Waals surface area contributed by atoms with Gasteiger partial charge in [-0.3, -0.25) is 4.79 Å². The van der Waals surface area contributed by atoms with Crippen LogP contribution in [0.15, 0.2) is 4.79 Å². The van der Waals surface area contributed by atoms with E-state index in [9.17, 15) is 4.79 Å². The van der Waals surface area contributed by atoms with Gasteiger partial charge in [-0.1, -0.05) is 6.92 Å². The Morgan fingerprint density at radius 3 is 2.88 bits per heavy atom. The van der Waals surface area contributed by atoms with Crippen molar-refractivity contribution in [2.45, 2.75) is 45.1 Å². The molecule has 0 bridgehead atoms. The van der Waals surface area contributed by atoms with Crippen LogP contribution in [0.5, 0.6) is 0 Å². The average Bonchev–Trinajstić information content (AvgIpc) is 2.31. The van der Waals surface area contributed by atoms with E-state index in [0.29, 0.717) is 5.82 Å². The minimum atomic E-state index is -0.0973. The van der Waals surface area contributed by atoms with Crippen LogP contribution >= 0.6 is 0 Å². The third-order valence-corrected chi connectivity index (χ3v) is 3.17. The smallest absolute Gasteiger partial charge is 0.254 e. The Balaban J connectivity index is 2.42. The molecule has 0 saturated heterocycles. The van der Waals surface area contributed by atoms with Gasteiger partial charge in [-0.15, -0.1) is 0 Å². The minimum Gasteiger partial charge on any atom is -0.374 e. The highest BCUT2D eigenvalue weighted by Gasteiger charge is 2.18. The lowest BCUT2D eigenvalue weighted by Crippen LogP contribution is -2.24. The zero-order valence-electron chi connectivity index (χ0n) is 9.88. The number of methoxy groups -OCH3 is 1. The van der Waals surface area contributed by atoms with Crippen LogP contribution in [-0.4, -0.2) is 17.1 Å². The van der Waals surface area contributed by atoms with Gasteiger partial charge in [-0.25, -0.2) is 4.98 Å². The minimum absolute atomic E-state index is 0.0233. The summed E-state index contributed by atoms with van der Waals surface area (Å²) in [5.41, 5.74) is 1.87. The first-order chi connectivity index (χ1) is 7.76. The largest absolute Gasteiger partial charge is 0.374 e. The van der Waals surface area contributed by atoms with E-state index in [1.165, 1.54) is 0 Å². The van der Waals surface area contributed by atoms with Crippen molar-refractivity contribution in [1.82, 2.24) is 9.97 Å². The van der Waals surface area contributed by atoms with E-state index in [4.69, 9.17) is 4.74 Å². The summed E-state index contributed by atoms with van der Waals surface area (Å²) in [5, 5.41) is 0. The molecule has 1 unspecified atom stereocenters. The molecule has 16 heavy (non-hydrogen) atoms. The van der Waals surface area contributed by atoms with Crippen LogP contribution in [0.1, 0.15) is 49.4 Å². The highest BCUT2D eigenvalue weighted by molar-refractivity contribution is 5.21. The van der Waals surface area contributed by atoms with Gasteiger partial charge in [0, 0.05) is 12.7 Å². The first kappa shape index (κ1) is 11.3. The number of H-pyrrole nitrogens is 1. The Hall–Kier alpha value is -1.16. The number of aromatic amines is 1. The van der Waals surface area contributed by atoms with E-state index in [-0.39, 0.29) is 11.7 Å². The van der Waals surface area contributed by atoms with Gasteiger partial charge in [0.05, 0.1) is 5.69 Å². The molecule has 1 aliphatic carbocycles. The number of ether oxygens (including phenoxy) is 1. The van der Waals surface area contributed by atoms with Crippen LogP contribution in [0, 0.1) is 0 Å². The molecule has 4 heteroatoms. The number of hydrogen-bond donors (Lipinski definition) is 1. The summed E-state index contributed by atoms with van der Waals surface area (Å²) in [6, 6.07) is 0. The molecule has 0 saturated carbocycles. The lowest BCUT2D eigenvalue weighted by molar-refractivity contribution is 0.0920. The molecular weight excluding hydrogens is 204 g/mol. The van der Waals surface area contributed by atoms with Gasteiger partial charge < -0.3 is 9.72 Å². The van der Waals surface area contributed by atoms with Gasteiger partial charge in [-0.05, 0) is 32.1 Å². The summed E-state index contributed by atoms with van der Waals surface area (Å²) in [7, 11) is 1.65. The number of nitrogens with zero attached hydrogens (tertiary/aromatic N) is 1. The summed E-state index contributed by atoms with van der Waals surface area (Å²) >= 11 is 0. The second kappa shape index (κ2) is 4.78. The Morgan fingerprint density at radius 2 is 2.19 bits per heavy atom. The molecule has 1 heterocycles. The lowest BCUT2D eigenvalue weighted by Gasteiger charge is -2.17. The van der Waals surface area contributed by atoms with Gasteiger partial charge in [0.15, 0.2) is 0 Å². The van der Waals surface area contributed by atoms with E-state index >= 15 is 0 Å². The van der Waals surface area contributed by atoms with Crippen molar-refractivity contribution in [2.24, 2.45) is 0 Å². The van der Waals surface area contributed by atoms with E-state index in [2.05, 4.69) is 9.97 Å². The Kier molecular flexibility index (Phi) is 3.39. The standard InChI is InChI=1S/C12H18N2O2/c1-3-10(16-2)11-13-9-7-5-4-6-8(9)12(15)14-11/h10H,3-7H2,1-2H3,(H,13,14,15). The third-order valence-electron chi connectivity index (χ3n) is 3.17. The van der Waals surface area contributed by atoms with E-state index < -0.39 is 0 Å². The second-order valence-corrected chi connectivity index (χ2v) is 4.22. The fourth-order valence-corrected chi connectivity index (χ4v) is 2.25. The fraction of sp³-hybridized carbons (Fsp3) is 0.667. The van der Waals surface area contributed by atoms with Crippen LogP contribution in [0.2, 0.25) is 0 Å². The Bertz CT molecular complexity index is 422. The number of aromatic nitrogens is 2. The zero-order chi connectivity index (χ0) is 11.5. The predicted octanol–water partition coefficient (Wildman–Crippen LogP) is 1.75. The maximum Gasteiger partial charge on any atom is 0.254 e. The summed E-state index contributed by atoms with van der Waals surface area (Å²) in [6.45, 7) is 2.02. The molecule has 0 spiro atoms. The molecule has 4 nitrogen and oxygen atoms in total. The van der Waals surface area contributed by atoms with Crippen molar-refractivity contribution in [3.8, 4) is 0 Å². The summed E-state index contributed by atoms with van der Waals surface area (Å²) in [6.07, 6.45) is 4.73. The average molecular weight is 222 g/mol. The molecule has 88 valence electrons. The Labute approximate surface area is 95.1 Å². The quantitative estimate of drug-likeness (QED) is 0.847. The molecule has 1 aliphatic rings. The molecule has 1 atom stereocenters. The molecule has 1 aromatic heterocycles. The molecule has 0 aromatic carbocycles. The van der Waals surface area contributed by atoms with E-state index in [1.807, 2.05) is 6.92 Å².